The molecular formula is C17H15FN2O5S2. The number of furan rings is 1. The van der Waals surface area contributed by atoms with Gasteiger partial charge in [-0.3, -0.25) is 0 Å². The molecule has 2 aromatic carbocycles. The van der Waals surface area contributed by atoms with Crippen molar-refractivity contribution < 1.29 is 25.6 Å². The second kappa shape index (κ2) is 7.24. The lowest BCUT2D eigenvalue weighted by Gasteiger charge is -2.07. The van der Waals surface area contributed by atoms with Gasteiger partial charge in [0.05, 0.1) is 16.3 Å². The largest absolute Gasteiger partial charge is 0.460 e. The molecule has 1 heterocycles. The maximum Gasteiger partial charge on any atom is 0.241 e. The molecule has 7 nitrogen and oxygen atoms in total. The Morgan fingerprint density at radius 1 is 0.926 bits per heavy atom. The minimum Gasteiger partial charge on any atom is -0.460 e. The molecule has 0 saturated heterocycles. The number of rotatable bonds is 6. The molecule has 27 heavy (non-hydrogen) atoms. The Morgan fingerprint density at radius 3 is 2.26 bits per heavy atom. The summed E-state index contributed by atoms with van der Waals surface area (Å²) >= 11 is 0. The molecule has 0 fully saturated rings. The summed E-state index contributed by atoms with van der Waals surface area (Å²) in [7, 11) is -8.00. The Hall–Kier alpha value is -2.53. The Bertz CT molecular complexity index is 1170. The Kier molecular flexibility index (Phi) is 5.16. The number of hydrogen-bond donors (Lipinski definition) is 2. The molecule has 3 N–H and O–H groups in total. The van der Waals surface area contributed by atoms with Crippen LogP contribution in [-0.2, 0) is 26.6 Å². The third-order valence-corrected chi connectivity index (χ3v) is 5.98. The molecule has 0 unspecified atom stereocenters. The van der Waals surface area contributed by atoms with Crippen LogP contribution in [0.2, 0.25) is 0 Å². The smallest absolute Gasteiger partial charge is 0.241 e. The van der Waals surface area contributed by atoms with Gasteiger partial charge in [0.2, 0.25) is 20.0 Å². The van der Waals surface area contributed by atoms with E-state index in [9.17, 15) is 21.2 Å². The Morgan fingerprint density at radius 2 is 1.59 bits per heavy atom. The van der Waals surface area contributed by atoms with Crippen molar-refractivity contribution >= 4 is 20.0 Å². The van der Waals surface area contributed by atoms with E-state index in [4.69, 9.17) is 9.56 Å². The fourth-order valence-electron chi connectivity index (χ4n) is 2.31. The zero-order valence-electron chi connectivity index (χ0n) is 13.8. The maximum absolute atomic E-state index is 13.0. The van der Waals surface area contributed by atoms with Gasteiger partial charge in [-0.15, -0.1) is 0 Å². The number of primary sulfonamides is 1. The predicted octanol–water partition coefficient (Wildman–Crippen LogP) is 2.21. The maximum atomic E-state index is 13.0. The van der Waals surface area contributed by atoms with Crippen molar-refractivity contribution in [1.29, 1.82) is 0 Å². The normalized spacial score (nSPS) is 12.2. The molecule has 0 aliphatic rings. The van der Waals surface area contributed by atoms with Crippen molar-refractivity contribution in [3.8, 4) is 11.3 Å². The van der Waals surface area contributed by atoms with E-state index in [1.807, 2.05) is 0 Å². The molecule has 0 spiro atoms. The van der Waals surface area contributed by atoms with E-state index < -0.39 is 20.0 Å². The molecule has 142 valence electrons. The van der Waals surface area contributed by atoms with Crippen molar-refractivity contribution in [3.63, 3.8) is 0 Å². The first kappa shape index (κ1) is 19.2. The van der Waals surface area contributed by atoms with E-state index in [0.717, 1.165) is 6.07 Å². The van der Waals surface area contributed by atoms with Gasteiger partial charge in [-0.2, -0.15) is 0 Å². The number of nitrogens with two attached hydrogens (primary N) is 1. The number of nitrogens with one attached hydrogen (secondary N) is 1. The van der Waals surface area contributed by atoms with E-state index in [1.54, 1.807) is 24.3 Å². The monoisotopic (exact) mass is 410 g/mol. The van der Waals surface area contributed by atoms with E-state index in [2.05, 4.69) is 4.72 Å². The van der Waals surface area contributed by atoms with Gasteiger partial charge in [-0.05, 0) is 54.6 Å². The minimum atomic E-state index is -4.02. The average Bonchev–Trinajstić information content (AvgIpc) is 3.09. The van der Waals surface area contributed by atoms with E-state index in [-0.39, 0.29) is 22.2 Å². The first-order valence-corrected chi connectivity index (χ1v) is 10.7. The van der Waals surface area contributed by atoms with Gasteiger partial charge < -0.3 is 4.42 Å². The van der Waals surface area contributed by atoms with Crippen molar-refractivity contribution in [2.45, 2.75) is 16.3 Å². The van der Waals surface area contributed by atoms with Crippen LogP contribution >= 0.6 is 0 Å². The van der Waals surface area contributed by atoms with Gasteiger partial charge in [0.1, 0.15) is 17.3 Å². The SMILES string of the molecule is NS(=O)(=O)c1cccc(S(=O)(=O)NCc2ccc(-c3ccc(F)cc3)o2)c1. The van der Waals surface area contributed by atoms with E-state index in [0.29, 0.717) is 17.1 Å². The van der Waals surface area contributed by atoms with Crippen molar-refractivity contribution in [3.05, 3.63) is 72.2 Å². The van der Waals surface area contributed by atoms with Crippen LogP contribution in [0.1, 0.15) is 5.76 Å². The predicted molar refractivity (Wildman–Crippen MR) is 95.9 cm³/mol. The van der Waals surface area contributed by atoms with Gasteiger partial charge in [0.25, 0.3) is 0 Å². The van der Waals surface area contributed by atoms with E-state index >= 15 is 0 Å². The summed E-state index contributed by atoms with van der Waals surface area (Å²) in [6.45, 7) is -0.150. The molecule has 0 saturated carbocycles. The quantitative estimate of drug-likeness (QED) is 0.646. The summed E-state index contributed by atoms with van der Waals surface area (Å²) in [6, 6.07) is 13.6. The third-order valence-electron chi connectivity index (χ3n) is 3.67. The second-order valence-corrected chi connectivity index (χ2v) is 8.95. The topological polar surface area (TPSA) is 119 Å². The van der Waals surface area contributed by atoms with Crippen LogP contribution in [-0.4, -0.2) is 16.8 Å². The fourth-order valence-corrected chi connectivity index (χ4v) is 3.98. The zero-order chi connectivity index (χ0) is 19.7. The van der Waals surface area contributed by atoms with Gasteiger partial charge in [-0.25, -0.2) is 31.1 Å². The summed E-state index contributed by atoms with van der Waals surface area (Å²) in [5.41, 5.74) is 0.645. The fraction of sp³-hybridized carbons (Fsp3) is 0.0588. The van der Waals surface area contributed by atoms with Crippen LogP contribution in [0.25, 0.3) is 11.3 Å². The lowest BCUT2D eigenvalue weighted by Crippen LogP contribution is -2.23. The number of halogens is 1. The molecule has 3 rings (SSSR count). The van der Waals surface area contributed by atoms with Crippen LogP contribution < -0.4 is 9.86 Å². The van der Waals surface area contributed by atoms with Crippen LogP contribution in [0.4, 0.5) is 4.39 Å². The molecule has 0 radical (unpaired) electrons. The Labute approximate surface area is 155 Å². The third kappa shape index (κ3) is 4.61. The molecule has 1 aromatic heterocycles. The standard InChI is InChI=1S/C17H15FN2O5S2/c18-13-6-4-12(5-7-13)17-9-8-14(25-17)11-20-27(23,24)16-3-1-2-15(10-16)26(19,21)22/h1-10,20H,11H2,(H2,19,21,22). The van der Waals surface area contributed by atoms with Crippen molar-refractivity contribution in [2.24, 2.45) is 5.14 Å². The zero-order valence-corrected chi connectivity index (χ0v) is 15.4. The summed E-state index contributed by atoms with van der Waals surface area (Å²) in [4.78, 5) is -0.540. The van der Waals surface area contributed by atoms with Gasteiger partial charge in [0.15, 0.2) is 0 Å². The lowest BCUT2D eigenvalue weighted by molar-refractivity contribution is 0.509. The summed E-state index contributed by atoms with van der Waals surface area (Å²) in [5, 5.41) is 5.02. The highest BCUT2D eigenvalue weighted by Crippen LogP contribution is 2.23. The van der Waals surface area contributed by atoms with Gasteiger partial charge in [-0.1, -0.05) is 6.07 Å². The van der Waals surface area contributed by atoms with E-state index in [1.165, 1.54) is 30.3 Å². The molecule has 0 amide bonds. The molecule has 0 bridgehead atoms. The molecule has 0 atom stereocenters. The highest BCUT2D eigenvalue weighted by Gasteiger charge is 2.18. The minimum absolute atomic E-state index is 0.150. The van der Waals surface area contributed by atoms with Crippen LogP contribution in [0.5, 0.6) is 0 Å². The highest BCUT2D eigenvalue weighted by atomic mass is 32.2. The average molecular weight is 410 g/mol. The number of benzene rings is 2. The van der Waals surface area contributed by atoms with Gasteiger partial charge >= 0.3 is 0 Å². The second-order valence-electron chi connectivity index (χ2n) is 5.62. The number of sulfonamides is 2. The molecule has 10 heteroatoms. The molecule has 0 aliphatic heterocycles. The Balaban J connectivity index is 1.76. The van der Waals surface area contributed by atoms with Crippen LogP contribution in [0.3, 0.4) is 0 Å². The molecule has 3 aromatic rings. The van der Waals surface area contributed by atoms with Crippen LogP contribution in [0.15, 0.2) is 74.9 Å². The highest BCUT2D eigenvalue weighted by molar-refractivity contribution is 7.90. The van der Waals surface area contributed by atoms with Crippen molar-refractivity contribution in [1.82, 2.24) is 4.72 Å². The van der Waals surface area contributed by atoms with Crippen LogP contribution in [0, 0.1) is 5.82 Å². The first-order chi connectivity index (χ1) is 12.6. The summed E-state index contributed by atoms with van der Waals surface area (Å²) < 4.78 is 68.3. The van der Waals surface area contributed by atoms with Crippen molar-refractivity contribution in [2.75, 3.05) is 0 Å². The number of hydrogen-bond acceptors (Lipinski definition) is 5. The first-order valence-electron chi connectivity index (χ1n) is 7.62. The van der Waals surface area contributed by atoms with Gasteiger partial charge in [0, 0.05) is 5.56 Å². The summed E-state index contributed by atoms with van der Waals surface area (Å²) in [5.74, 6) is 0.418. The summed E-state index contributed by atoms with van der Waals surface area (Å²) in [6.07, 6.45) is 0. The molecular weight excluding hydrogens is 395 g/mol. The molecule has 0 aliphatic carbocycles. The lowest BCUT2D eigenvalue weighted by atomic mass is 10.2.